The van der Waals surface area contributed by atoms with Gasteiger partial charge in [-0.25, -0.2) is 4.79 Å². The summed E-state index contributed by atoms with van der Waals surface area (Å²) in [5.74, 6) is -0.289. The average molecular weight is 303 g/mol. The van der Waals surface area contributed by atoms with E-state index >= 15 is 0 Å². The van der Waals surface area contributed by atoms with E-state index in [1.807, 2.05) is 36.4 Å². The second-order valence-electron chi connectivity index (χ2n) is 7.55. The van der Waals surface area contributed by atoms with Gasteiger partial charge >= 0.3 is 5.97 Å². The number of benzene rings is 1. The van der Waals surface area contributed by atoms with Crippen molar-refractivity contribution < 1.29 is 9.53 Å². The molecule has 1 aromatic rings. The molecule has 122 valence electrons. The van der Waals surface area contributed by atoms with E-state index in [9.17, 15) is 4.79 Å². The maximum Gasteiger partial charge on any atom is 0.335 e. The molecule has 0 saturated heterocycles. The molecule has 0 aliphatic heterocycles. The molecule has 0 aliphatic carbocycles. The predicted octanol–water partition coefficient (Wildman–Crippen LogP) is 4.05. The summed E-state index contributed by atoms with van der Waals surface area (Å²) in [6.45, 7) is 11.5. The first-order valence-electron chi connectivity index (χ1n) is 7.72. The lowest BCUT2D eigenvalue weighted by atomic mass is 9.81. The van der Waals surface area contributed by atoms with Gasteiger partial charge in [-0.05, 0) is 37.3 Å². The Kier molecular flexibility index (Phi) is 6.36. The highest BCUT2D eigenvalue weighted by atomic mass is 16.5. The number of carbonyl (C=O) groups excluding carboxylic acids is 1. The standard InChI is InChI=1S/C19H29NO2/c1-18(2,3)14-19(4,5)20-13-16(17(21)22-6)12-15-10-8-7-9-11-15/h7-12,20H,13-14H2,1-6H3/b16-12+. The van der Waals surface area contributed by atoms with Crippen molar-refractivity contribution in [1.29, 1.82) is 0 Å². The lowest BCUT2D eigenvalue weighted by molar-refractivity contribution is -0.136. The van der Waals surface area contributed by atoms with E-state index in [2.05, 4.69) is 39.9 Å². The molecule has 1 rings (SSSR count). The van der Waals surface area contributed by atoms with Crippen LogP contribution in [-0.2, 0) is 9.53 Å². The minimum Gasteiger partial charge on any atom is -0.466 e. The van der Waals surface area contributed by atoms with E-state index in [1.165, 1.54) is 7.11 Å². The van der Waals surface area contributed by atoms with Gasteiger partial charge in [0.2, 0.25) is 0 Å². The number of carbonyl (C=O) groups is 1. The van der Waals surface area contributed by atoms with E-state index in [0.717, 1.165) is 12.0 Å². The third-order valence-electron chi connectivity index (χ3n) is 3.32. The third-order valence-corrected chi connectivity index (χ3v) is 3.32. The third kappa shape index (κ3) is 6.90. The molecule has 0 aliphatic rings. The maximum absolute atomic E-state index is 12.0. The van der Waals surface area contributed by atoms with Crippen LogP contribution < -0.4 is 5.32 Å². The van der Waals surface area contributed by atoms with Crippen LogP contribution in [0.2, 0.25) is 0 Å². The molecule has 0 heterocycles. The predicted molar refractivity (Wildman–Crippen MR) is 92.6 cm³/mol. The number of methoxy groups -OCH3 is 1. The first-order chi connectivity index (χ1) is 10.1. The van der Waals surface area contributed by atoms with Crippen molar-refractivity contribution in [2.45, 2.75) is 46.6 Å². The van der Waals surface area contributed by atoms with Crippen LogP contribution in [0.5, 0.6) is 0 Å². The Bertz CT molecular complexity index is 510. The highest BCUT2D eigenvalue weighted by Crippen LogP contribution is 2.26. The van der Waals surface area contributed by atoms with Crippen LogP contribution in [0, 0.1) is 5.41 Å². The zero-order valence-electron chi connectivity index (χ0n) is 14.7. The van der Waals surface area contributed by atoms with Gasteiger partial charge in [-0.1, -0.05) is 51.1 Å². The summed E-state index contributed by atoms with van der Waals surface area (Å²) in [6, 6.07) is 9.82. The maximum atomic E-state index is 12.0. The highest BCUT2D eigenvalue weighted by molar-refractivity contribution is 5.94. The quantitative estimate of drug-likeness (QED) is 0.636. The summed E-state index contributed by atoms with van der Waals surface area (Å²) in [5, 5.41) is 3.48. The van der Waals surface area contributed by atoms with Crippen molar-refractivity contribution in [3.05, 3.63) is 41.5 Å². The Morgan fingerprint density at radius 2 is 1.73 bits per heavy atom. The first kappa shape index (κ1) is 18.4. The second-order valence-corrected chi connectivity index (χ2v) is 7.55. The number of rotatable bonds is 6. The minimum atomic E-state index is -0.289. The number of hydrogen-bond donors (Lipinski definition) is 1. The molecule has 22 heavy (non-hydrogen) atoms. The van der Waals surface area contributed by atoms with E-state index < -0.39 is 0 Å². The summed E-state index contributed by atoms with van der Waals surface area (Å²) in [6.07, 6.45) is 2.89. The fourth-order valence-corrected chi connectivity index (χ4v) is 2.79. The van der Waals surface area contributed by atoms with Gasteiger partial charge in [-0.3, -0.25) is 0 Å². The zero-order valence-corrected chi connectivity index (χ0v) is 14.7. The number of esters is 1. The Hall–Kier alpha value is -1.61. The number of hydrogen-bond acceptors (Lipinski definition) is 3. The van der Waals surface area contributed by atoms with Crippen LogP contribution >= 0.6 is 0 Å². The normalized spacial score (nSPS) is 13.1. The molecule has 0 aromatic heterocycles. The summed E-state index contributed by atoms with van der Waals surface area (Å²) < 4.78 is 4.90. The van der Waals surface area contributed by atoms with Crippen LogP contribution in [0.1, 0.15) is 46.6 Å². The molecule has 0 unspecified atom stereocenters. The average Bonchev–Trinajstić information content (AvgIpc) is 2.41. The Labute approximate surface area is 134 Å². The molecule has 0 radical (unpaired) electrons. The van der Waals surface area contributed by atoms with Gasteiger partial charge in [0.05, 0.1) is 12.7 Å². The van der Waals surface area contributed by atoms with Crippen molar-refractivity contribution >= 4 is 12.0 Å². The van der Waals surface area contributed by atoms with Crippen LogP contribution in [-0.4, -0.2) is 25.2 Å². The molecule has 3 nitrogen and oxygen atoms in total. The van der Waals surface area contributed by atoms with Gasteiger partial charge in [-0.2, -0.15) is 0 Å². The van der Waals surface area contributed by atoms with Gasteiger partial charge in [-0.15, -0.1) is 0 Å². The Morgan fingerprint density at radius 1 is 1.14 bits per heavy atom. The van der Waals surface area contributed by atoms with E-state index in [1.54, 1.807) is 0 Å². The fourth-order valence-electron chi connectivity index (χ4n) is 2.79. The largest absolute Gasteiger partial charge is 0.466 e. The van der Waals surface area contributed by atoms with Gasteiger partial charge < -0.3 is 10.1 Å². The number of nitrogens with one attached hydrogen (secondary N) is 1. The molecule has 0 fully saturated rings. The molecular weight excluding hydrogens is 274 g/mol. The Morgan fingerprint density at radius 3 is 2.23 bits per heavy atom. The van der Waals surface area contributed by atoms with Crippen molar-refractivity contribution in [2.24, 2.45) is 5.41 Å². The smallest absolute Gasteiger partial charge is 0.335 e. The first-order valence-corrected chi connectivity index (χ1v) is 7.72. The van der Waals surface area contributed by atoms with E-state index in [0.29, 0.717) is 12.1 Å². The van der Waals surface area contributed by atoms with E-state index in [4.69, 9.17) is 4.74 Å². The van der Waals surface area contributed by atoms with Crippen molar-refractivity contribution in [1.82, 2.24) is 5.32 Å². The lowest BCUT2D eigenvalue weighted by Crippen LogP contribution is -2.43. The molecule has 0 atom stereocenters. The van der Waals surface area contributed by atoms with Gasteiger partial charge in [0.1, 0.15) is 0 Å². The topological polar surface area (TPSA) is 38.3 Å². The Balaban J connectivity index is 2.83. The van der Waals surface area contributed by atoms with Crippen molar-refractivity contribution in [2.75, 3.05) is 13.7 Å². The summed E-state index contributed by atoms with van der Waals surface area (Å²) in [4.78, 5) is 12.0. The van der Waals surface area contributed by atoms with E-state index in [-0.39, 0.29) is 16.9 Å². The summed E-state index contributed by atoms with van der Waals surface area (Å²) in [7, 11) is 1.42. The van der Waals surface area contributed by atoms with Crippen LogP contribution in [0.15, 0.2) is 35.9 Å². The fraction of sp³-hybridized carbons (Fsp3) is 0.526. The van der Waals surface area contributed by atoms with Crippen molar-refractivity contribution in [3.63, 3.8) is 0 Å². The van der Waals surface area contributed by atoms with Crippen LogP contribution in [0.3, 0.4) is 0 Å². The summed E-state index contributed by atoms with van der Waals surface area (Å²) >= 11 is 0. The molecule has 0 amide bonds. The van der Waals surface area contributed by atoms with Crippen LogP contribution in [0.25, 0.3) is 6.08 Å². The molecule has 0 bridgehead atoms. The zero-order chi connectivity index (χ0) is 16.8. The lowest BCUT2D eigenvalue weighted by Gasteiger charge is -2.33. The van der Waals surface area contributed by atoms with Gasteiger partial charge in [0.15, 0.2) is 0 Å². The molecule has 3 heteroatoms. The molecule has 0 saturated carbocycles. The molecule has 1 N–H and O–H groups in total. The highest BCUT2D eigenvalue weighted by Gasteiger charge is 2.25. The molecule has 1 aromatic carbocycles. The van der Waals surface area contributed by atoms with Gasteiger partial charge in [0.25, 0.3) is 0 Å². The summed E-state index contributed by atoms with van der Waals surface area (Å²) in [5.41, 5.74) is 1.81. The van der Waals surface area contributed by atoms with Crippen LogP contribution in [0.4, 0.5) is 0 Å². The number of ether oxygens (including phenoxy) is 1. The molecule has 0 spiro atoms. The SMILES string of the molecule is COC(=O)/C(=C/c1ccccc1)CNC(C)(C)CC(C)(C)C. The minimum absolute atomic E-state index is 0.0535. The van der Waals surface area contributed by atoms with Crippen molar-refractivity contribution in [3.8, 4) is 0 Å². The van der Waals surface area contributed by atoms with Gasteiger partial charge in [0, 0.05) is 12.1 Å². The monoisotopic (exact) mass is 303 g/mol. The molecular formula is C19H29NO2. The second kappa shape index (κ2) is 7.59.